The fraction of sp³-hybridized carbons (Fsp3) is 0.571. The summed E-state index contributed by atoms with van der Waals surface area (Å²) in [5.74, 6) is 0.933. The van der Waals surface area contributed by atoms with Gasteiger partial charge in [-0.05, 0) is 37.7 Å². The summed E-state index contributed by atoms with van der Waals surface area (Å²) in [4.78, 5) is 2.09. The number of sulfone groups is 1. The predicted molar refractivity (Wildman–Crippen MR) is 83.4 cm³/mol. The molecule has 0 heterocycles. The van der Waals surface area contributed by atoms with E-state index in [2.05, 4.69) is 4.90 Å². The molecule has 1 aromatic rings. The van der Waals surface area contributed by atoms with Gasteiger partial charge in [0.05, 0.1) is 5.75 Å². The lowest BCUT2D eigenvalue weighted by Crippen LogP contribution is -2.40. The van der Waals surface area contributed by atoms with Gasteiger partial charge in [0.15, 0.2) is 0 Å². The highest BCUT2D eigenvalue weighted by Crippen LogP contribution is 2.15. The van der Waals surface area contributed by atoms with E-state index in [1.54, 1.807) is 12.1 Å². The minimum Gasteiger partial charge on any atom is -0.492 e. The van der Waals surface area contributed by atoms with Gasteiger partial charge in [-0.1, -0.05) is 18.5 Å². The van der Waals surface area contributed by atoms with Crippen molar-refractivity contribution in [2.24, 2.45) is 0 Å². The van der Waals surface area contributed by atoms with Crippen molar-refractivity contribution in [3.63, 3.8) is 0 Å². The van der Waals surface area contributed by atoms with E-state index in [0.29, 0.717) is 18.2 Å². The first-order valence-electron chi connectivity index (χ1n) is 6.62. The molecule has 0 amide bonds. The Morgan fingerprint density at radius 3 is 2.40 bits per heavy atom. The Morgan fingerprint density at radius 2 is 1.90 bits per heavy atom. The normalized spacial score (nSPS) is 13.4. The predicted octanol–water partition coefficient (Wildman–Crippen LogP) is 2.47. The molecule has 20 heavy (non-hydrogen) atoms. The molecule has 6 heteroatoms. The SMILES string of the molecule is CCN(CCOc1ccc(Cl)cc1)C(C)CS(C)(=O)=O. The molecule has 0 bridgehead atoms. The number of hydrogen-bond donors (Lipinski definition) is 0. The highest BCUT2D eigenvalue weighted by Gasteiger charge is 2.16. The molecule has 0 aliphatic heterocycles. The van der Waals surface area contributed by atoms with Crippen molar-refractivity contribution in [2.75, 3.05) is 31.7 Å². The number of halogens is 1. The van der Waals surface area contributed by atoms with Crippen molar-refractivity contribution in [3.8, 4) is 5.75 Å². The molecule has 114 valence electrons. The number of hydrogen-bond acceptors (Lipinski definition) is 4. The zero-order valence-electron chi connectivity index (χ0n) is 12.2. The molecule has 4 nitrogen and oxygen atoms in total. The van der Waals surface area contributed by atoms with Gasteiger partial charge in [-0.3, -0.25) is 4.90 Å². The lowest BCUT2D eigenvalue weighted by molar-refractivity contribution is 0.184. The van der Waals surface area contributed by atoms with Gasteiger partial charge in [-0.2, -0.15) is 0 Å². The zero-order valence-corrected chi connectivity index (χ0v) is 13.7. The van der Waals surface area contributed by atoms with Crippen LogP contribution >= 0.6 is 11.6 Å². The van der Waals surface area contributed by atoms with E-state index in [9.17, 15) is 8.42 Å². The molecule has 0 N–H and O–H groups in total. The van der Waals surface area contributed by atoms with Gasteiger partial charge >= 0.3 is 0 Å². The number of ether oxygens (including phenoxy) is 1. The van der Waals surface area contributed by atoms with Crippen molar-refractivity contribution < 1.29 is 13.2 Å². The summed E-state index contributed by atoms with van der Waals surface area (Å²) >= 11 is 5.80. The summed E-state index contributed by atoms with van der Waals surface area (Å²) in [6.07, 6.45) is 1.27. The fourth-order valence-electron chi connectivity index (χ4n) is 2.05. The Hall–Kier alpha value is -0.780. The second-order valence-electron chi connectivity index (χ2n) is 4.87. The maximum absolute atomic E-state index is 11.3. The van der Waals surface area contributed by atoms with Crippen LogP contribution in [0.25, 0.3) is 0 Å². The molecular formula is C14H22ClNO3S. The van der Waals surface area contributed by atoms with Crippen LogP contribution in [0, 0.1) is 0 Å². The number of benzene rings is 1. The van der Waals surface area contributed by atoms with E-state index < -0.39 is 9.84 Å². The molecule has 0 radical (unpaired) electrons. The van der Waals surface area contributed by atoms with Gasteiger partial charge in [0.25, 0.3) is 0 Å². The highest BCUT2D eigenvalue weighted by molar-refractivity contribution is 7.90. The van der Waals surface area contributed by atoms with Crippen LogP contribution in [-0.4, -0.2) is 51.1 Å². The molecule has 1 atom stereocenters. The average molecular weight is 320 g/mol. The fourth-order valence-corrected chi connectivity index (χ4v) is 3.26. The Kier molecular flexibility index (Phi) is 6.79. The molecule has 1 rings (SSSR count). The smallest absolute Gasteiger partial charge is 0.148 e. The Balaban J connectivity index is 2.43. The molecule has 0 saturated carbocycles. The lowest BCUT2D eigenvalue weighted by atomic mass is 10.3. The van der Waals surface area contributed by atoms with Crippen LogP contribution in [0.4, 0.5) is 0 Å². The van der Waals surface area contributed by atoms with Crippen LogP contribution in [0.5, 0.6) is 5.75 Å². The number of nitrogens with zero attached hydrogens (tertiary/aromatic N) is 1. The van der Waals surface area contributed by atoms with E-state index in [1.165, 1.54) is 6.26 Å². The first-order valence-corrected chi connectivity index (χ1v) is 9.06. The molecule has 0 aromatic heterocycles. The van der Waals surface area contributed by atoms with Crippen molar-refractivity contribution in [2.45, 2.75) is 19.9 Å². The van der Waals surface area contributed by atoms with Crippen LogP contribution in [0.15, 0.2) is 24.3 Å². The summed E-state index contributed by atoms with van der Waals surface area (Å²) in [6, 6.07) is 7.18. The third kappa shape index (κ3) is 6.59. The Bertz CT molecular complexity index is 502. The molecule has 0 aliphatic rings. The first-order chi connectivity index (χ1) is 9.31. The minimum absolute atomic E-state index is 0.0104. The molecule has 1 unspecified atom stereocenters. The van der Waals surface area contributed by atoms with E-state index in [0.717, 1.165) is 12.3 Å². The maximum atomic E-state index is 11.3. The topological polar surface area (TPSA) is 46.6 Å². The monoisotopic (exact) mass is 319 g/mol. The van der Waals surface area contributed by atoms with E-state index in [1.807, 2.05) is 26.0 Å². The summed E-state index contributed by atoms with van der Waals surface area (Å²) < 4.78 is 28.3. The first kappa shape index (κ1) is 17.3. The summed E-state index contributed by atoms with van der Waals surface area (Å²) in [5.41, 5.74) is 0. The van der Waals surface area contributed by atoms with Crippen molar-refractivity contribution in [1.82, 2.24) is 4.90 Å². The Labute approximate surface area is 126 Å². The van der Waals surface area contributed by atoms with Crippen LogP contribution in [0.2, 0.25) is 5.02 Å². The number of rotatable bonds is 8. The summed E-state index contributed by atoms with van der Waals surface area (Å²) in [6.45, 7) is 5.94. The van der Waals surface area contributed by atoms with E-state index >= 15 is 0 Å². The van der Waals surface area contributed by atoms with Gasteiger partial charge < -0.3 is 4.74 Å². The molecule has 1 aromatic carbocycles. The quantitative estimate of drug-likeness (QED) is 0.738. The minimum atomic E-state index is -2.96. The second-order valence-corrected chi connectivity index (χ2v) is 7.49. The largest absolute Gasteiger partial charge is 0.492 e. The molecule has 0 fully saturated rings. The van der Waals surface area contributed by atoms with Crippen LogP contribution in [-0.2, 0) is 9.84 Å². The third-order valence-corrected chi connectivity index (χ3v) is 4.37. The lowest BCUT2D eigenvalue weighted by Gasteiger charge is -2.27. The van der Waals surface area contributed by atoms with Gasteiger partial charge in [0, 0.05) is 23.9 Å². The highest BCUT2D eigenvalue weighted by atomic mass is 35.5. The van der Waals surface area contributed by atoms with Gasteiger partial charge in [-0.25, -0.2) is 8.42 Å². The van der Waals surface area contributed by atoms with E-state index in [4.69, 9.17) is 16.3 Å². The van der Waals surface area contributed by atoms with Crippen molar-refractivity contribution in [1.29, 1.82) is 0 Å². The van der Waals surface area contributed by atoms with Gasteiger partial charge in [0.1, 0.15) is 22.2 Å². The zero-order chi connectivity index (χ0) is 15.2. The summed E-state index contributed by atoms with van der Waals surface area (Å²) in [5, 5.41) is 0.675. The third-order valence-electron chi connectivity index (χ3n) is 3.03. The molecule has 0 aliphatic carbocycles. The van der Waals surface area contributed by atoms with Crippen LogP contribution in [0.1, 0.15) is 13.8 Å². The maximum Gasteiger partial charge on any atom is 0.148 e. The van der Waals surface area contributed by atoms with Crippen molar-refractivity contribution in [3.05, 3.63) is 29.3 Å². The second kappa shape index (κ2) is 7.86. The Morgan fingerprint density at radius 1 is 1.30 bits per heavy atom. The van der Waals surface area contributed by atoms with Crippen LogP contribution < -0.4 is 4.74 Å². The van der Waals surface area contributed by atoms with Gasteiger partial charge in [0.2, 0.25) is 0 Å². The molecule has 0 spiro atoms. The molecular weight excluding hydrogens is 298 g/mol. The van der Waals surface area contributed by atoms with Crippen molar-refractivity contribution >= 4 is 21.4 Å². The standard InChI is InChI=1S/C14H22ClNO3S/c1-4-16(12(2)11-20(3,17)18)9-10-19-14-7-5-13(15)6-8-14/h5-8,12H,4,9-11H2,1-3H3. The number of likely N-dealkylation sites (N-methyl/N-ethyl adjacent to an activating group) is 1. The summed E-state index contributed by atoms with van der Waals surface area (Å²) in [7, 11) is -2.96. The molecule has 0 saturated heterocycles. The average Bonchev–Trinajstić information content (AvgIpc) is 2.34. The van der Waals surface area contributed by atoms with Crippen LogP contribution in [0.3, 0.4) is 0 Å². The van der Waals surface area contributed by atoms with Gasteiger partial charge in [-0.15, -0.1) is 0 Å². The van der Waals surface area contributed by atoms with E-state index in [-0.39, 0.29) is 11.8 Å².